The molecule has 1 aromatic rings. The van der Waals surface area contributed by atoms with E-state index in [1.54, 1.807) is 0 Å². The van der Waals surface area contributed by atoms with Crippen LogP contribution in [-0.2, 0) is 14.9 Å². The highest BCUT2D eigenvalue weighted by molar-refractivity contribution is 5.75. The van der Waals surface area contributed by atoms with Crippen molar-refractivity contribution in [1.29, 1.82) is 0 Å². The molecular weight excluding hydrogens is 240 g/mol. The van der Waals surface area contributed by atoms with Gasteiger partial charge in [-0.15, -0.1) is 0 Å². The molecule has 0 N–H and O–H groups in total. The number of hydrogen-bond acceptors (Lipinski definition) is 3. The minimum absolute atomic E-state index is 0.0806. The summed E-state index contributed by atoms with van der Waals surface area (Å²) in [5.41, 5.74) is 0.643. The largest absolute Gasteiger partial charge is 0.492 e. The van der Waals surface area contributed by atoms with Crippen LogP contribution >= 0.6 is 0 Å². The molecule has 1 aromatic carbocycles. The van der Waals surface area contributed by atoms with E-state index in [1.165, 1.54) is 12.7 Å². The summed E-state index contributed by atoms with van der Waals surface area (Å²) in [6, 6.07) is 7.98. The molecule has 0 radical (unpaired) electrons. The van der Waals surface area contributed by atoms with Gasteiger partial charge in [0.2, 0.25) is 0 Å². The molecule has 3 nitrogen and oxygen atoms in total. The topological polar surface area (TPSA) is 35.5 Å². The van der Waals surface area contributed by atoms with Gasteiger partial charge < -0.3 is 9.47 Å². The average Bonchev–Trinajstić information content (AvgIpc) is 2.35. The third-order valence-electron chi connectivity index (χ3n) is 3.04. The normalized spacial score (nSPS) is 12.1. The molecule has 0 heterocycles. The number of esters is 1. The maximum atomic E-state index is 11.6. The highest BCUT2D eigenvalue weighted by Crippen LogP contribution is 2.27. The third-order valence-corrected chi connectivity index (χ3v) is 3.04. The van der Waals surface area contributed by atoms with E-state index >= 15 is 0 Å². The van der Waals surface area contributed by atoms with Crippen molar-refractivity contribution in [3.63, 3.8) is 0 Å². The van der Waals surface area contributed by atoms with Crippen molar-refractivity contribution in [2.75, 3.05) is 13.7 Å². The Kier molecular flexibility index (Phi) is 4.61. The van der Waals surface area contributed by atoms with Crippen molar-refractivity contribution in [3.05, 3.63) is 29.8 Å². The second kappa shape index (κ2) is 5.64. The van der Waals surface area contributed by atoms with Gasteiger partial charge in [0, 0.05) is 0 Å². The molecule has 0 atom stereocenters. The van der Waals surface area contributed by atoms with Gasteiger partial charge in [-0.05, 0) is 37.0 Å². The summed E-state index contributed by atoms with van der Waals surface area (Å²) in [4.78, 5) is 11.6. The molecule has 0 spiro atoms. The Morgan fingerprint density at radius 1 is 1.16 bits per heavy atom. The molecule has 0 saturated carbocycles. The molecule has 3 heteroatoms. The average molecular weight is 264 g/mol. The van der Waals surface area contributed by atoms with Crippen LogP contribution in [0.5, 0.6) is 5.75 Å². The molecule has 0 amide bonds. The summed E-state index contributed by atoms with van der Waals surface area (Å²) in [6.07, 6.45) is 0. The predicted octanol–water partition coefficient (Wildman–Crippen LogP) is 3.56. The second-order valence-corrected chi connectivity index (χ2v) is 6.44. The second-order valence-electron chi connectivity index (χ2n) is 6.44. The third kappa shape index (κ3) is 4.27. The van der Waals surface area contributed by atoms with Crippen LogP contribution in [0.2, 0.25) is 0 Å². The van der Waals surface area contributed by atoms with E-state index in [1.807, 2.05) is 32.0 Å². The first-order valence-corrected chi connectivity index (χ1v) is 6.48. The maximum Gasteiger partial charge on any atom is 0.314 e. The first-order valence-electron chi connectivity index (χ1n) is 6.48. The lowest BCUT2D eigenvalue weighted by Gasteiger charge is -2.23. The molecular formula is C16H24O3. The predicted molar refractivity (Wildman–Crippen MR) is 76.4 cm³/mol. The number of benzene rings is 1. The number of carbonyl (C=O) groups is 1. The lowest BCUT2D eigenvalue weighted by molar-refractivity contribution is -0.152. The fraction of sp³-hybridized carbons (Fsp3) is 0.562. The van der Waals surface area contributed by atoms with Gasteiger partial charge in [-0.3, -0.25) is 4.79 Å². The van der Waals surface area contributed by atoms with Crippen LogP contribution in [-0.4, -0.2) is 19.7 Å². The molecule has 0 aliphatic heterocycles. The fourth-order valence-corrected chi connectivity index (χ4v) is 1.65. The van der Waals surface area contributed by atoms with Crippen LogP contribution < -0.4 is 4.74 Å². The number of carbonyl (C=O) groups excluding carboxylic acids is 1. The van der Waals surface area contributed by atoms with E-state index in [2.05, 4.69) is 26.8 Å². The van der Waals surface area contributed by atoms with Gasteiger partial charge in [-0.25, -0.2) is 0 Å². The van der Waals surface area contributed by atoms with Crippen molar-refractivity contribution in [2.45, 2.75) is 40.0 Å². The standard InChI is InChI=1S/C16H24O3/c1-15(2,3)12-8-7-9-13(10-12)19-11-16(4,5)14(17)18-6/h7-10H,11H2,1-6H3. The smallest absolute Gasteiger partial charge is 0.314 e. The van der Waals surface area contributed by atoms with Gasteiger partial charge in [-0.2, -0.15) is 0 Å². The minimum atomic E-state index is -0.646. The number of ether oxygens (including phenoxy) is 2. The number of rotatable bonds is 4. The summed E-state index contributed by atoms with van der Waals surface area (Å²) in [6.45, 7) is 10.4. The van der Waals surface area contributed by atoms with E-state index in [9.17, 15) is 4.79 Å². The van der Waals surface area contributed by atoms with Gasteiger partial charge in [0.25, 0.3) is 0 Å². The van der Waals surface area contributed by atoms with Crippen LogP contribution in [0.3, 0.4) is 0 Å². The Morgan fingerprint density at radius 2 is 1.79 bits per heavy atom. The first-order chi connectivity index (χ1) is 8.66. The molecule has 0 aromatic heterocycles. The van der Waals surface area contributed by atoms with Gasteiger partial charge in [0.1, 0.15) is 12.4 Å². The highest BCUT2D eigenvalue weighted by Gasteiger charge is 2.29. The lowest BCUT2D eigenvalue weighted by Crippen LogP contribution is -2.32. The molecule has 0 aliphatic carbocycles. The molecule has 1 rings (SSSR count). The zero-order valence-electron chi connectivity index (χ0n) is 12.7. The van der Waals surface area contributed by atoms with Crippen molar-refractivity contribution in [1.82, 2.24) is 0 Å². The molecule has 0 fully saturated rings. The minimum Gasteiger partial charge on any atom is -0.492 e. The molecule has 106 valence electrons. The van der Waals surface area contributed by atoms with E-state index in [-0.39, 0.29) is 11.4 Å². The van der Waals surface area contributed by atoms with Crippen molar-refractivity contribution >= 4 is 5.97 Å². The molecule has 0 bridgehead atoms. The van der Waals surface area contributed by atoms with Gasteiger partial charge in [0.05, 0.1) is 12.5 Å². The number of methoxy groups -OCH3 is 1. The Labute approximate surface area is 115 Å². The van der Waals surface area contributed by atoms with E-state index in [0.29, 0.717) is 6.61 Å². The Balaban J connectivity index is 2.77. The number of hydrogen-bond donors (Lipinski definition) is 0. The first kappa shape index (κ1) is 15.5. The Morgan fingerprint density at radius 3 is 2.32 bits per heavy atom. The van der Waals surface area contributed by atoms with E-state index in [4.69, 9.17) is 9.47 Å². The maximum absolute atomic E-state index is 11.6. The Bertz CT molecular complexity index is 442. The zero-order chi connectivity index (χ0) is 14.7. The molecule has 0 unspecified atom stereocenters. The fourth-order valence-electron chi connectivity index (χ4n) is 1.65. The van der Waals surface area contributed by atoms with E-state index < -0.39 is 5.41 Å². The molecule has 19 heavy (non-hydrogen) atoms. The summed E-state index contributed by atoms with van der Waals surface area (Å²) in [5, 5.41) is 0. The monoisotopic (exact) mass is 264 g/mol. The Hall–Kier alpha value is -1.51. The highest BCUT2D eigenvalue weighted by atomic mass is 16.5. The molecule has 0 aliphatic rings. The van der Waals surface area contributed by atoms with Crippen molar-refractivity contribution < 1.29 is 14.3 Å². The van der Waals surface area contributed by atoms with E-state index in [0.717, 1.165) is 5.75 Å². The van der Waals surface area contributed by atoms with Crippen molar-refractivity contribution in [3.8, 4) is 5.75 Å². The zero-order valence-corrected chi connectivity index (χ0v) is 12.7. The van der Waals surface area contributed by atoms with Crippen LogP contribution in [0.1, 0.15) is 40.2 Å². The summed E-state index contributed by atoms with van der Waals surface area (Å²) < 4.78 is 10.5. The summed E-state index contributed by atoms with van der Waals surface area (Å²) >= 11 is 0. The van der Waals surface area contributed by atoms with Crippen LogP contribution in [0.4, 0.5) is 0 Å². The van der Waals surface area contributed by atoms with Gasteiger partial charge in [0.15, 0.2) is 0 Å². The van der Waals surface area contributed by atoms with Crippen LogP contribution in [0.25, 0.3) is 0 Å². The summed E-state index contributed by atoms with van der Waals surface area (Å²) in [7, 11) is 1.39. The summed E-state index contributed by atoms with van der Waals surface area (Å²) in [5.74, 6) is 0.517. The van der Waals surface area contributed by atoms with Crippen molar-refractivity contribution in [2.24, 2.45) is 5.41 Å². The SMILES string of the molecule is COC(=O)C(C)(C)COc1cccc(C(C)(C)C)c1. The quantitative estimate of drug-likeness (QED) is 0.780. The van der Waals surface area contributed by atoms with Gasteiger partial charge >= 0.3 is 5.97 Å². The van der Waals surface area contributed by atoms with Gasteiger partial charge in [-0.1, -0.05) is 32.9 Å². The van der Waals surface area contributed by atoms with Crippen LogP contribution in [0, 0.1) is 5.41 Å². The molecule has 0 saturated heterocycles. The lowest BCUT2D eigenvalue weighted by atomic mass is 9.87. The van der Waals surface area contributed by atoms with Crippen LogP contribution in [0.15, 0.2) is 24.3 Å².